The molecule has 20 heavy (non-hydrogen) atoms. The van der Waals surface area contributed by atoms with E-state index in [0.29, 0.717) is 5.41 Å². The Labute approximate surface area is 120 Å². The van der Waals surface area contributed by atoms with Crippen molar-refractivity contribution in [3.05, 3.63) is 35.9 Å². The molecular formula is C17H23NO2. The summed E-state index contributed by atoms with van der Waals surface area (Å²) in [6.07, 6.45) is 6.52. The average molecular weight is 273 g/mol. The van der Waals surface area contributed by atoms with Gasteiger partial charge >= 0.3 is 5.97 Å². The molecule has 1 N–H and O–H groups in total. The summed E-state index contributed by atoms with van der Waals surface area (Å²) in [5.74, 6) is -0.905. The van der Waals surface area contributed by atoms with Gasteiger partial charge in [0.15, 0.2) is 0 Å². The first-order valence-corrected chi connectivity index (χ1v) is 7.35. The van der Waals surface area contributed by atoms with Gasteiger partial charge in [0.05, 0.1) is 0 Å². The number of carboxylic acids is 1. The predicted octanol–water partition coefficient (Wildman–Crippen LogP) is 3.80. The summed E-state index contributed by atoms with van der Waals surface area (Å²) < 4.78 is 0. The van der Waals surface area contributed by atoms with Crippen molar-refractivity contribution in [1.82, 2.24) is 0 Å². The zero-order valence-corrected chi connectivity index (χ0v) is 12.3. The molecule has 3 heteroatoms. The van der Waals surface area contributed by atoms with Gasteiger partial charge in [0.2, 0.25) is 0 Å². The van der Waals surface area contributed by atoms with Gasteiger partial charge in [0, 0.05) is 24.9 Å². The van der Waals surface area contributed by atoms with Crippen LogP contribution in [-0.2, 0) is 4.79 Å². The molecule has 0 radical (unpaired) electrons. The van der Waals surface area contributed by atoms with Crippen molar-refractivity contribution >= 4 is 17.7 Å². The van der Waals surface area contributed by atoms with Gasteiger partial charge in [-0.05, 0) is 42.4 Å². The van der Waals surface area contributed by atoms with Gasteiger partial charge in [-0.3, -0.25) is 0 Å². The molecule has 1 aliphatic rings. The minimum atomic E-state index is -0.905. The maximum atomic E-state index is 10.7. The quantitative estimate of drug-likeness (QED) is 0.829. The molecule has 2 rings (SSSR count). The highest BCUT2D eigenvalue weighted by Crippen LogP contribution is 2.39. The Kier molecular flexibility index (Phi) is 4.48. The fourth-order valence-electron chi connectivity index (χ4n) is 3.05. The van der Waals surface area contributed by atoms with E-state index in [0.717, 1.165) is 24.3 Å². The molecule has 1 heterocycles. The lowest BCUT2D eigenvalue weighted by Gasteiger charge is -2.28. The fraction of sp³-hybridized carbons (Fsp3) is 0.471. The van der Waals surface area contributed by atoms with Crippen molar-refractivity contribution in [2.45, 2.75) is 33.1 Å². The summed E-state index contributed by atoms with van der Waals surface area (Å²) in [5, 5.41) is 8.79. The third-order valence-corrected chi connectivity index (χ3v) is 4.62. The number of hydrogen-bond acceptors (Lipinski definition) is 2. The second kappa shape index (κ2) is 6.12. The number of para-hydroxylation sites is 1. The summed E-state index contributed by atoms with van der Waals surface area (Å²) in [5.41, 5.74) is 2.55. The molecule has 1 aromatic carbocycles. The highest BCUT2D eigenvalue weighted by Gasteiger charge is 2.35. The molecule has 0 amide bonds. The van der Waals surface area contributed by atoms with Crippen LogP contribution >= 0.6 is 0 Å². The SMILES string of the molecule is CCC1(CC)CCN(c2ccccc2/C=C/C(=O)O)C1. The van der Waals surface area contributed by atoms with E-state index in [9.17, 15) is 4.79 Å². The van der Waals surface area contributed by atoms with Crippen molar-refractivity contribution < 1.29 is 9.90 Å². The van der Waals surface area contributed by atoms with E-state index in [2.05, 4.69) is 24.8 Å². The lowest BCUT2D eigenvalue weighted by molar-refractivity contribution is -0.131. The van der Waals surface area contributed by atoms with E-state index < -0.39 is 5.97 Å². The van der Waals surface area contributed by atoms with Crippen LogP contribution in [0.2, 0.25) is 0 Å². The van der Waals surface area contributed by atoms with Crippen LogP contribution in [0.1, 0.15) is 38.7 Å². The van der Waals surface area contributed by atoms with Crippen LogP contribution in [0.15, 0.2) is 30.3 Å². The Bertz CT molecular complexity index is 503. The summed E-state index contributed by atoms with van der Waals surface area (Å²) >= 11 is 0. The number of hydrogen-bond donors (Lipinski definition) is 1. The monoisotopic (exact) mass is 273 g/mol. The first-order chi connectivity index (χ1) is 9.60. The van der Waals surface area contributed by atoms with Crippen molar-refractivity contribution in [2.75, 3.05) is 18.0 Å². The second-order valence-electron chi connectivity index (χ2n) is 5.61. The van der Waals surface area contributed by atoms with Crippen LogP contribution in [-0.4, -0.2) is 24.2 Å². The molecular weight excluding hydrogens is 250 g/mol. The summed E-state index contributed by atoms with van der Waals surface area (Å²) in [7, 11) is 0. The largest absolute Gasteiger partial charge is 0.478 e. The fourth-order valence-corrected chi connectivity index (χ4v) is 3.05. The number of rotatable bonds is 5. The van der Waals surface area contributed by atoms with Crippen molar-refractivity contribution in [3.8, 4) is 0 Å². The van der Waals surface area contributed by atoms with E-state index >= 15 is 0 Å². The normalized spacial score (nSPS) is 17.8. The van der Waals surface area contributed by atoms with E-state index in [-0.39, 0.29) is 0 Å². The number of benzene rings is 1. The first kappa shape index (κ1) is 14.6. The molecule has 3 nitrogen and oxygen atoms in total. The lowest BCUT2D eigenvalue weighted by atomic mass is 9.82. The van der Waals surface area contributed by atoms with Gasteiger partial charge in [0.1, 0.15) is 0 Å². The standard InChI is InChI=1S/C17H23NO2/c1-3-17(4-2)11-12-18(13-17)15-8-6-5-7-14(15)9-10-16(19)20/h5-10H,3-4,11-13H2,1-2H3,(H,19,20)/b10-9+. The zero-order valence-electron chi connectivity index (χ0n) is 12.3. The second-order valence-corrected chi connectivity index (χ2v) is 5.61. The van der Waals surface area contributed by atoms with Crippen molar-refractivity contribution in [1.29, 1.82) is 0 Å². The van der Waals surface area contributed by atoms with Crippen LogP contribution in [0.5, 0.6) is 0 Å². The summed E-state index contributed by atoms with van der Waals surface area (Å²) in [4.78, 5) is 13.1. The Balaban J connectivity index is 2.24. The van der Waals surface area contributed by atoms with Gasteiger partial charge in [-0.1, -0.05) is 32.0 Å². The number of nitrogens with zero attached hydrogens (tertiary/aromatic N) is 1. The minimum Gasteiger partial charge on any atom is -0.478 e. The number of carbonyl (C=O) groups is 1. The Morgan fingerprint density at radius 1 is 1.35 bits per heavy atom. The van der Waals surface area contributed by atoms with Crippen LogP contribution in [0.25, 0.3) is 6.08 Å². The molecule has 0 spiro atoms. The van der Waals surface area contributed by atoms with Gasteiger partial charge in [-0.2, -0.15) is 0 Å². The molecule has 0 aromatic heterocycles. The molecule has 0 aliphatic carbocycles. The van der Waals surface area contributed by atoms with Crippen LogP contribution in [0.4, 0.5) is 5.69 Å². The average Bonchev–Trinajstić information content (AvgIpc) is 2.90. The predicted molar refractivity (Wildman–Crippen MR) is 83.0 cm³/mol. The first-order valence-electron chi connectivity index (χ1n) is 7.35. The molecule has 0 bridgehead atoms. The topological polar surface area (TPSA) is 40.5 Å². The Morgan fingerprint density at radius 3 is 2.65 bits per heavy atom. The Morgan fingerprint density at radius 2 is 2.05 bits per heavy atom. The maximum Gasteiger partial charge on any atom is 0.328 e. The molecule has 0 saturated carbocycles. The van der Waals surface area contributed by atoms with Crippen LogP contribution < -0.4 is 4.90 Å². The smallest absolute Gasteiger partial charge is 0.328 e. The number of aliphatic carboxylic acids is 1. The van der Waals surface area contributed by atoms with E-state index in [4.69, 9.17) is 5.11 Å². The highest BCUT2D eigenvalue weighted by atomic mass is 16.4. The van der Waals surface area contributed by atoms with Gasteiger partial charge in [-0.25, -0.2) is 4.79 Å². The molecule has 0 atom stereocenters. The third kappa shape index (κ3) is 3.03. The van der Waals surface area contributed by atoms with Gasteiger partial charge in [0.25, 0.3) is 0 Å². The van der Waals surface area contributed by atoms with Crippen molar-refractivity contribution in [2.24, 2.45) is 5.41 Å². The van der Waals surface area contributed by atoms with Crippen LogP contribution in [0.3, 0.4) is 0 Å². The lowest BCUT2D eigenvalue weighted by Crippen LogP contribution is -2.26. The third-order valence-electron chi connectivity index (χ3n) is 4.62. The van der Waals surface area contributed by atoms with Crippen LogP contribution in [0, 0.1) is 5.41 Å². The summed E-state index contributed by atoms with van der Waals surface area (Å²) in [6, 6.07) is 8.04. The molecule has 1 aliphatic heterocycles. The van der Waals surface area contributed by atoms with E-state index in [1.54, 1.807) is 6.08 Å². The van der Waals surface area contributed by atoms with Crippen molar-refractivity contribution in [3.63, 3.8) is 0 Å². The van der Waals surface area contributed by atoms with Gasteiger partial charge < -0.3 is 10.0 Å². The molecule has 108 valence electrons. The molecule has 1 saturated heterocycles. The zero-order chi connectivity index (χ0) is 14.6. The minimum absolute atomic E-state index is 0.420. The highest BCUT2D eigenvalue weighted by molar-refractivity contribution is 5.87. The summed E-state index contributed by atoms with van der Waals surface area (Å²) in [6.45, 7) is 6.66. The number of carboxylic acid groups (broad SMARTS) is 1. The molecule has 1 aromatic rings. The number of anilines is 1. The Hall–Kier alpha value is -1.77. The molecule has 1 fully saturated rings. The van der Waals surface area contributed by atoms with E-state index in [1.807, 2.05) is 18.2 Å². The molecule has 0 unspecified atom stereocenters. The van der Waals surface area contributed by atoms with Gasteiger partial charge in [-0.15, -0.1) is 0 Å². The van der Waals surface area contributed by atoms with E-state index in [1.165, 1.54) is 25.3 Å². The maximum absolute atomic E-state index is 10.7.